The predicted molar refractivity (Wildman–Crippen MR) is 80.4 cm³/mol. The third-order valence-corrected chi connectivity index (χ3v) is 4.60. The smallest absolute Gasteiger partial charge is 0.123 e. The molecule has 1 heterocycles. The maximum absolute atomic E-state index is 13.5. The summed E-state index contributed by atoms with van der Waals surface area (Å²) >= 11 is 3.52. The second-order valence-electron chi connectivity index (χ2n) is 5.82. The van der Waals surface area contributed by atoms with E-state index in [2.05, 4.69) is 34.7 Å². The molecule has 0 aromatic heterocycles. The molecule has 1 aromatic carbocycles. The summed E-state index contributed by atoms with van der Waals surface area (Å²) < 4.78 is 14.4. The van der Waals surface area contributed by atoms with E-state index in [-0.39, 0.29) is 11.9 Å². The summed E-state index contributed by atoms with van der Waals surface area (Å²) in [5.74, 6) is 1.14. The molecule has 2 rings (SSSR count). The van der Waals surface area contributed by atoms with Gasteiger partial charge in [0.05, 0.1) is 0 Å². The van der Waals surface area contributed by atoms with Crippen molar-refractivity contribution in [2.75, 3.05) is 19.6 Å². The minimum Gasteiger partial charge on any atom is -0.329 e. The van der Waals surface area contributed by atoms with Crippen molar-refractivity contribution in [3.8, 4) is 0 Å². The van der Waals surface area contributed by atoms with E-state index in [1.54, 1.807) is 12.1 Å². The minimum atomic E-state index is -0.199. The van der Waals surface area contributed by atoms with Gasteiger partial charge in [0, 0.05) is 30.1 Å². The Morgan fingerprint density at radius 3 is 2.58 bits per heavy atom. The molecule has 0 radical (unpaired) electrons. The number of hydrogen-bond acceptors (Lipinski definition) is 2. The Bertz CT molecular complexity index is 428. The van der Waals surface area contributed by atoms with E-state index in [1.807, 2.05) is 0 Å². The highest BCUT2D eigenvalue weighted by atomic mass is 79.9. The van der Waals surface area contributed by atoms with Crippen LogP contribution in [0, 0.1) is 17.7 Å². The summed E-state index contributed by atoms with van der Waals surface area (Å²) in [7, 11) is 0. The van der Waals surface area contributed by atoms with Crippen molar-refractivity contribution in [1.29, 1.82) is 0 Å². The zero-order valence-corrected chi connectivity index (χ0v) is 13.2. The van der Waals surface area contributed by atoms with E-state index in [0.717, 1.165) is 23.1 Å². The molecule has 3 unspecified atom stereocenters. The second-order valence-corrected chi connectivity index (χ2v) is 6.67. The van der Waals surface area contributed by atoms with Gasteiger partial charge < -0.3 is 5.73 Å². The molecular formula is C15H22BrFN2. The lowest BCUT2D eigenvalue weighted by Crippen LogP contribution is -2.43. The van der Waals surface area contributed by atoms with Crippen LogP contribution >= 0.6 is 15.9 Å². The summed E-state index contributed by atoms with van der Waals surface area (Å²) in [5, 5.41) is 0. The largest absolute Gasteiger partial charge is 0.329 e. The summed E-state index contributed by atoms with van der Waals surface area (Å²) in [6.45, 7) is 7.14. The first-order valence-corrected chi connectivity index (χ1v) is 7.69. The van der Waals surface area contributed by atoms with Gasteiger partial charge in [0.2, 0.25) is 0 Å². The first-order chi connectivity index (χ1) is 9.01. The molecule has 1 aliphatic rings. The van der Waals surface area contributed by atoms with Crippen LogP contribution < -0.4 is 5.73 Å². The van der Waals surface area contributed by atoms with Gasteiger partial charge in [-0.15, -0.1) is 0 Å². The van der Waals surface area contributed by atoms with Crippen molar-refractivity contribution in [1.82, 2.24) is 4.90 Å². The van der Waals surface area contributed by atoms with Crippen molar-refractivity contribution in [3.63, 3.8) is 0 Å². The molecule has 3 atom stereocenters. The molecule has 1 fully saturated rings. The molecule has 0 spiro atoms. The molecule has 0 bridgehead atoms. The van der Waals surface area contributed by atoms with E-state index in [9.17, 15) is 4.39 Å². The molecule has 2 N–H and O–H groups in total. The standard InChI is InChI=1S/C15H22BrFN2/c1-10-5-11(2)9-19(8-10)15(7-18)13-6-12(17)3-4-14(13)16/h3-4,6,10-11,15H,5,7-9,18H2,1-2H3. The van der Waals surface area contributed by atoms with Crippen molar-refractivity contribution in [2.45, 2.75) is 26.3 Å². The monoisotopic (exact) mass is 328 g/mol. The van der Waals surface area contributed by atoms with E-state index < -0.39 is 0 Å². The Hall–Kier alpha value is -0.450. The van der Waals surface area contributed by atoms with Crippen LogP contribution in [0.3, 0.4) is 0 Å². The van der Waals surface area contributed by atoms with Crippen LogP contribution in [0.2, 0.25) is 0 Å². The van der Waals surface area contributed by atoms with Crippen molar-refractivity contribution < 1.29 is 4.39 Å². The number of nitrogens with zero attached hydrogens (tertiary/aromatic N) is 1. The number of rotatable bonds is 3. The van der Waals surface area contributed by atoms with Gasteiger partial charge in [0.25, 0.3) is 0 Å². The highest BCUT2D eigenvalue weighted by molar-refractivity contribution is 9.10. The highest BCUT2D eigenvalue weighted by Gasteiger charge is 2.28. The third-order valence-electron chi connectivity index (χ3n) is 3.88. The lowest BCUT2D eigenvalue weighted by atomic mass is 9.89. The normalized spacial score (nSPS) is 26.4. The maximum Gasteiger partial charge on any atom is 0.123 e. The Balaban J connectivity index is 2.26. The lowest BCUT2D eigenvalue weighted by molar-refractivity contribution is 0.0980. The number of hydrogen-bond donors (Lipinski definition) is 1. The quantitative estimate of drug-likeness (QED) is 0.919. The number of halogens is 2. The molecule has 1 saturated heterocycles. The predicted octanol–water partition coefficient (Wildman–Crippen LogP) is 3.57. The van der Waals surface area contributed by atoms with E-state index >= 15 is 0 Å². The molecule has 4 heteroatoms. The topological polar surface area (TPSA) is 29.3 Å². The number of likely N-dealkylation sites (tertiary alicyclic amines) is 1. The Morgan fingerprint density at radius 2 is 2.00 bits per heavy atom. The molecule has 1 aromatic rings. The van der Waals surface area contributed by atoms with Gasteiger partial charge in [-0.05, 0) is 42.0 Å². The van der Waals surface area contributed by atoms with Crippen LogP contribution in [-0.2, 0) is 0 Å². The van der Waals surface area contributed by atoms with Crippen LogP contribution in [0.25, 0.3) is 0 Å². The van der Waals surface area contributed by atoms with Crippen molar-refractivity contribution in [3.05, 3.63) is 34.1 Å². The number of nitrogens with two attached hydrogens (primary N) is 1. The molecule has 2 nitrogen and oxygen atoms in total. The first kappa shape index (κ1) is 14.9. The molecule has 19 heavy (non-hydrogen) atoms. The summed E-state index contributed by atoms with van der Waals surface area (Å²) in [5.41, 5.74) is 6.92. The third kappa shape index (κ3) is 3.56. The van der Waals surface area contributed by atoms with Crippen LogP contribution in [0.4, 0.5) is 4.39 Å². The molecular weight excluding hydrogens is 307 g/mol. The summed E-state index contributed by atoms with van der Waals surface area (Å²) in [4.78, 5) is 2.40. The second kappa shape index (κ2) is 6.33. The molecule has 1 aliphatic heterocycles. The highest BCUT2D eigenvalue weighted by Crippen LogP contribution is 2.32. The number of piperidine rings is 1. The SMILES string of the molecule is CC1CC(C)CN(C(CN)c2cc(F)ccc2Br)C1. The fraction of sp³-hybridized carbons (Fsp3) is 0.600. The summed E-state index contributed by atoms with van der Waals surface area (Å²) in [6, 6.07) is 4.94. The minimum absolute atomic E-state index is 0.0928. The fourth-order valence-corrected chi connectivity index (χ4v) is 3.72. The van der Waals surface area contributed by atoms with E-state index in [4.69, 9.17) is 5.73 Å². The lowest BCUT2D eigenvalue weighted by Gasteiger charge is -2.40. The van der Waals surface area contributed by atoms with Gasteiger partial charge in [-0.25, -0.2) is 4.39 Å². The maximum atomic E-state index is 13.5. The first-order valence-electron chi connectivity index (χ1n) is 6.90. The number of benzene rings is 1. The van der Waals surface area contributed by atoms with E-state index in [0.29, 0.717) is 18.4 Å². The Kier molecular flexibility index (Phi) is 4.98. The van der Waals surface area contributed by atoms with Crippen LogP contribution in [-0.4, -0.2) is 24.5 Å². The van der Waals surface area contributed by atoms with Gasteiger partial charge in [-0.1, -0.05) is 29.8 Å². The van der Waals surface area contributed by atoms with Crippen LogP contribution in [0.5, 0.6) is 0 Å². The van der Waals surface area contributed by atoms with Crippen molar-refractivity contribution >= 4 is 15.9 Å². The zero-order valence-electron chi connectivity index (χ0n) is 11.6. The summed E-state index contributed by atoms with van der Waals surface area (Å²) in [6.07, 6.45) is 1.26. The van der Waals surface area contributed by atoms with Gasteiger partial charge in [0.1, 0.15) is 5.82 Å². The molecule has 0 aliphatic carbocycles. The van der Waals surface area contributed by atoms with Gasteiger partial charge in [0.15, 0.2) is 0 Å². The van der Waals surface area contributed by atoms with Gasteiger partial charge in [-0.3, -0.25) is 4.90 Å². The Morgan fingerprint density at radius 1 is 1.37 bits per heavy atom. The Labute approximate surface area is 123 Å². The van der Waals surface area contributed by atoms with Gasteiger partial charge >= 0.3 is 0 Å². The van der Waals surface area contributed by atoms with Crippen LogP contribution in [0.15, 0.2) is 22.7 Å². The molecule has 106 valence electrons. The van der Waals surface area contributed by atoms with E-state index in [1.165, 1.54) is 12.5 Å². The molecule has 0 saturated carbocycles. The van der Waals surface area contributed by atoms with Crippen LogP contribution in [0.1, 0.15) is 31.9 Å². The molecule has 0 amide bonds. The van der Waals surface area contributed by atoms with Gasteiger partial charge in [-0.2, -0.15) is 0 Å². The average molecular weight is 329 g/mol. The zero-order chi connectivity index (χ0) is 14.0. The fourth-order valence-electron chi connectivity index (χ4n) is 3.21. The van der Waals surface area contributed by atoms with Crippen molar-refractivity contribution in [2.24, 2.45) is 17.6 Å². The average Bonchev–Trinajstić information content (AvgIpc) is 2.33.